The monoisotopic (exact) mass is 275 g/mol. The minimum Gasteiger partial charge on any atom is -0.382 e. The van der Waals surface area contributed by atoms with Crippen molar-refractivity contribution in [2.45, 2.75) is 32.7 Å². The lowest BCUT2D eigenvalue weighted by Crippen LogP contribution is -2.39. The maximum Gasteiger partial charge on any atom is 0.248 e. The van der Waals surface area contributed by atoms with Gasteiger partial charge in [-0.15, -0.1) is 0 Å². The van der Waals surface area contributed by atoms with Gasteiger partial charge in [-0.2, -0.15) is 0 Å². The lowest BCUT2D eigenvalue weighted by Gasteiger charge is -2.34. The number of likely N-dealkylation sites (tertiary alicyclic amines) is 1. The quantitative estimate of drug-likeness (QED) is 0.867. The molecule has 1 aliphatic rings. The molecule has 0 saturated carbocycles. The molecule has 1 aliphatic heterocycles. The molecule has 1 aromatic rings. The first-order valence-corrected chi connectivity index (χ1v) is 7.49. The van der Waals surface area contributed by atoms with Gasteiger partial charge in [0.25, 0.3) is 0 Å². The summed E-state index contributed by atoms with van der Waals surface area (Å²) in [5.41, 5.74) is 6.86. The smallest absolute Gasteiger partial charge is 0.248 e. The summed E-state index contributed by atoms with van der Waals surface area (Å²) in [6.07, 6.45) is 2.50. The third-order valence-corrected chi connectivity index (χ3v) is 4.35. The third kappa shape index (κ3) is 3.73. The van der Waals surface area contributed by atoms with Crippen LogP contribution >= 0.6 is 0 Å². The van der Waals surface area contributed by atoms with Crippen LogP contribution in [0.5, 0.6) is 0 Å². The normalized spacial score (nSPS) is 18.7. The van der Waals surface area contributed by atoms with Gasteiger partial charge in [0, 0.05) is 17.3 Å². The summed E-state index contributed by atoms with van der Waals surface area (Å²) in [6.45, 7) is 8.03. The number of hydrogen-bond donors (Lipinski definition) is 2. The predicted molar refractivity (Wildman–Crippen MR) is 82.9 cm³/mol. The van der Waals surface area contributed by atoms with Crippen LogP contribution in [0.2, 0.25) is 0 Å². The molecule has 4 heteroatoms. The number of nitrogens with zero attached hydrogens (tertiary/aromatic N) is 1. The van der Waals surface area contributed by atoms with Crippen molar-refractivity contribution in [3.63, 3.8) is 0 Å². The van der Waals surface area contributed by atoms with Crippen LogP contribution in [0.1, 0.15) is 37.0 Å². The van der Waals surface area contributed by atoms with E-state index in [2.05, 4.69) is 24.1 Å². The molecule has 4 nitrogen and oxygen atoms in total. The number of anilines is 1. The fraction of sp³-hybridized carbons (Fsp3) is 0.562. The largest absolute Gasteiger partial charge is 0.382 e. The van der Waals surface area contributed by atoms with E-state index in [4.69, 9.17) is 5.73 Å². The fourth-order valence-electron chi connectivity index (χ4n) is 2.88. The summed E-state index contributed by atoms with van der Waals surface area (Å²) in [7, 11) is 0. The summed E-state index contributed by atoms with van der Waals surface area (Å²) in [5.74, 6) is 0.338. The number of benzene rings is 1. The van der Waals surface area contributed by atoms with Crippen molar-refractivity contribution in [3.8, 4) is 0 Å². The van der Waals surface area contributed by atoms with E-state index < -0.39 is 0 Å². The van der Waals surface area contributed by atoms with Gasteiger partial charge in [-0.3, -0.25) is 4.79 Å². The molecule has 1 saturated heterocycles. The zero-order valence-electron chi connectivity index (χ0n) is 12.4. The standard InChI is InChI=1S/C16H25N3O/c1-3-19-10-8-13(9-11-19)12(2)18-15-6-4-14(5-7-15)16(17)20/h4-7,12-13,18H,3,8-11H2,1-2H3,(H2,17,20). The van der Waals surface area contributed by atoms with Crippen LogP contribution in [0, 0.1) is 5.92 Å². The lowest BCUT2D eigenvalue weighted by atomic mass is 9.90. The molecule has 0 spiro atoms. The Balaban J connectivity index is 1.88. The Morgan fingerprint density at radius 2 is 1.95 bits per heavy atom. The highest BCUT2D eigenvalue weighted by molar-refractivity contribution is 5.93. The Morgan fingerprint density at radius 3 is 2.45 bits per heavy atom. The second kappa shape index (κ2) is 6.75. The average molecular weight is 275 g/mol. The predicted octanol–water partition coefficient (Wildman–Crippen LogP) is 2.32. The van der Waals surface area contributed by atoms with Crippen LogP contribution in [-0.4, -0.2) is 36.5 Å². The first kappa shape index (κ1) is 14.9. The number of piperidine rings is 1. The van der Waals surface area contributed by atoms with Crippen molar-refractivity contribution >= 4 is 11.6 Å². The van der Waals surface area contributed by atoms with Gasteiger partial charge in [-0.05, 0) is 69.6 Å². The van der Waals surface area contributed by atoms with Crippen molar-refractivity contribution in [3.05, 3.63) is 29.8 Å². The Morgan fingerprint density at radius 1 is 1.35 bits per heavy atom. The van der Waals surface area contributed by atoms with Gasteiger partial charge >= 0.3 is 0 Å². The Labute approximate surface area is 121 Å². The Bertz CT molecular complexity index is 436. The summed E-state index contributed by atoms with van der Waals surface area (Å²) in [6, 6.07) is 7.86. The highest BCUT2D eigenvalue weighted by Gasteiger charge is 2.22. The molecular weight excluding hydrogens is 250 g/mol. The van der Waals surface area contributed by atoms with Crippen molar-refractivity contribution in [1.82, 2.24) is 4.90 Å². The Kier molecular flexibility index (Phi) is 5.01. The number of rotatable bonds is 5. The molecule has 1 fully saturated rings. The van der Waals surface area contributed by atoms with Crippen molar-refractivity contribution in [2.75, 3.05) is 25.0 Å². The molecule has 110 valence electrons. The minimum absolute atomic E-state index is 0.378. The molecule has 1 atom stereocenters. The zero-order valence-corrected chi connectivity index (χ0v) is 12.4. The van der Waals surface area contributed by atoms with Gasteiger partial charge in [0.15, 0.2) is 0 Å². The van der Waals surface area contributed by atoms with E-state index in [1.54, 1.807) is 12.1 Å². The van der Waals surface area contributed by atoms with Crippen LogP contribution in [0.4, 0.5) is 5.69 Å². The van der Waals surface area contributed by atoms with Crippen LogP contribution < -0.4 is 11.1 Å². The third-order valence-electron chi connectivity index (χ3n) is 4.35. The molecule has 2 rings (SSSR count). The lowest BCUT2D eigenvalue weighted by molar-refractivity contribution is 0.100. The van der Waals surface area contributed by atoms with Gasteiger partial charge in [-0.25, -0.2) is 0 Å². The second-order valence-electron chi connectivity index (χ2n) is 5.65. The SMILES string of the molecule is CCN1CCC(C(C)Nc2ccc(C(N)=O)cc2)CC1. The van der Waals surface area contributed by atoms with E-state index in [9.17, 15) is 4.79 Å². The van der Waals surface area contributed by atoms with E-state index in [1.165, 1.54) is 25.9 Å². The molecule has 0 aromatic heterocycles. The number of amides is 1. The van der Waals surface area contributed by atoms with Crippen molar-refractivity contribution in [1.29, 1.82) is 0 Å². The molecule has 20 heavy (non-hydrogen) atoms. The van der Waals surface area contributed by atoms with Gasteiger partial charge in [-0.1, -0.05) is 6.92 Å². The first-order chi connectivity index (χ1) is 9.60. The van der Waals surface area contributed by atoms with Gasteiger partial charge in [0.1, 0.15) is 0 Å². The highest BCUT2D eigenvalue weighted by atomic mass is 16.1. The molecule has 0 radical (unpaired) electrons. The van der Waals surface area contributed by atoms with Gasteiger partial charge < -0.3 is 16.0 Å². The number of hydrogen-bond acceptors (Lipinski definition) is 3. The maximum atomic E-state index is 11.0. The maximum absolute atomic E-state index is 11.0. The van der Waals surface area contributed by atoms with Crippen molar-refractivity contribution < 1.29 is 4.79 Å². The van der Waals surface area contributed by atoms with E-state index in [0.717, 1.165) is 12.2 Å². The minimum atomic E-state index is -0.378. The van der Waals surface area contributed by atoms with Crippen LogP contribution in [0.15, 0.2) is 24.3 Å². The van der Waals surface area contributed by atoms with E-state index in [-0.39, 0.29) is 5.91 Å². The molecular formula is C16H25N3O. The number of primary amides is 1. The number of carbonyl (C=O) groups is 1. The first-order valence-electron chi connectivity index (χ1n) is 7.49. The van der Waals surface area contributed by atoms with Gasteiger partial charge in [0.05, 0.1) is 0 Å². The summed E-state index contributed by atoms with van der Waals surface area (Å²) >= 11 is 0. The topological polar surface area (TPSA) is 58.4 Å². The average Bonchev–Trinajstić information content (AvgIpc) is 2.48. The Hall–Kier alpha value is -1.55. The van der Waals surface area contributed by atoms with E-state index in [0.29, 0.717) is 17.5 Å². The van der Waals surface area contributed by atoms with E-state index >= 15 is 0 Å². The molecule has 0 aliphatic carbocycles. The van der Waals surface area contributed by atoms with Gasteiger partial charge in [0.2, 0.25) is 5.91 Å². The summed E-state index contributed by atoms with van der Waals surface area (Å²) in [4.78, 5) is 13.5. The van der Waals surface area contributed by atoms with Crippen LogP contribution in [0.3, 0.4) is 0 Å². The molecule has 1 heterocycles. The fourth-order valence-corrected chi connectivity index (χ4v) is 2.88. The van der Waals surface area contributed by atoms with E-state index in [1.807, 2.05) is 12.1 Å². The highest BCUT2D eigenvalue weighted by Crippen LogP contribution is 2.23. The molecule has 1 unspecified atom stereocenters. The number of nitrogens with two attached hydrogens (primary N) is 1. The molecule has 1 amide bonds. The van der Waals surface area contributed by atoms with Crippen LogP contribution in [0.25, 0.3) is 0 Å². The zero-order chi connectivity index (χ0) is 14.5. The number of nitrogens with one attached hydrogen (secondary N) is 1. The summed E-state index contributed by atoms with van der Waals surface area (Å²) < 4.78 is 0. The number of carbonyl (C=O) groups excluding carboxylic acids is 1. The second-order valence-corrected chi connectivity index (χ2v) is 5.65. The summed E-state index contributed by atoms with van der Waals surface area (Å²) in [5, 5.41) is 3.54. The van der Waals surface area contributed by atoms with Crippen LogP contribution in [-0.2, 0) is 0 Å². The van der Waals surface area contributed by atoms with Crippen molar-refractivity contribution in [2.24, 2.45) is 11.7 Å². The molecule has 1 aromatic carbocycles. The molecule has 3 N–H and O–H groups in total. The molecule has 0 bridgehead atoms.